The second-order valence-corrected chi connectivity index (χ2v) is 4.29. The Balaban J connectivity index is 2.28. The lowest BCUT2D eigenvalue weighted by Crippen LogP contribution is -2.04. The zero-order chi connectivity index (χ0) is 13.0. The van der Waals surface area contributed by atoms with Gasteiger partial charge >= 0.3 is 5.97 Å². The molecule has 2 heterocycles. The molecule has 2 aromatic rings. The maximum atomic E-state index is 11.7. The van der Waals surface area contributed by atoms with E-state index < -0.39 is 5.97 Å². The molecule has 0 aliphatic carbocycles. The van der Waals surface area contributed by atoms with Crippen LogP contribution in [0.15, 0.2) is 18.5 Å². The van der Waals surface area contributed by atoms with Crippen LogP contribution in [0.3, 0.4) is 0 Å². The van der Waals surface area contributed by atoms with Gasteiger partial charge in [0.15, 0.2) is 17.4 Å². The van der Waals surface area contributed by atoms with E-state index in [9.17, 15) is 4.79 Å². The zero-order valence-corrected chi connectivity index (χ0v) is 10.4. The molecule has 0 unspecified atom stereocenters. The Labute approximate surface area is 108 Å². The van der Waals surface area contributed by atoms with Gasteiger partial charge in [-0.05, 0) is 13.0 Å². The number of hydrogen-bond acceptors (Lipinski definition) is 6. The Hall–Kier alpha value is -2.26. The third-order valence-electron chi connectivity index (χ3n) is 2.03. The van der Waals surface area contributed by atoms with Gasteiger partial charge < -0.3 is 4.74 Å². The van der Waals surface area contributed by atoms with E-state index in [2.05, 4.69) is 20.9 Å². The van der Waals surface area contributed by atoms with Crippen molar-refractivity contribution in [1.29, 1.82) is 0 Å². The van der Waals surface area contributed by atoms with Crippen molar-refractivity contribution < 1.29 is 9.53 Å². The molecule has 2 aromatic heterocycles. The van der Waals surface area contributed by atoms with Crippen LogP contribution in [0, 0.1) is 19.3 Å². The highest BCUT2D eigenvalue weighted by Gasteiger charge is 2.18. The first-order valence-corrected chi connectivity index (χ1v) is 5.89. The molecule has 90 valence electrons. The van der Waals surface area contributed by atoms with Crippen molar-refractivity contribution in [2.45, 2.75) is 6.92 Å². The van der Waals surface area contributed by atoms with Crippen LogP contribution in [-0.2, 0) is 4.74 Å². The van der Waals surface area contributed by atoms with Gasteiger partial charge in [0.05, 0.1) is 5.69 Å². The van der Waals surface area contributed by atoms with Crippen LogP contribution in [0.1, 0.15) is 15.4 Å². The largest absolute Gasteiger partial charge is 0.448 e. The van der Waals surface area contributed by atoms with Crippen LogP contribution in [0.4, 0.5) is 0 Å². The lowest BCUT2D eigenvalue weighted by atomic mass is 10.4. The van der Waals surface area contributed by atoms with E-state index in [-0.39, 0.29) is 6.61 Å². The van der Waals surface area contributed by atoms with Crippen LogP contribution < -0.4 is 0 Å². The van der Waals surface area contributed by atoms with Gasteiger partial charge in [0.25, 0.3) is 0 Å². The number of aryl methyl sites for hydroxylation is 1. The minimum absolute atomic E-state index is 0.0483. The van der Waals surface area contributed by atoms with E-state index in [4.69, 9.17) is 11.2 Å². The normalized spacial score (nSPS) is 9.78. The van der Waals surface area contributed by atoms with E-state index >= 15 is 0 Å². The molecule has 0 spiro atoms. The predicted octanol–water partition coefficient (Wildman–Crippen LogP) is 1.70. The molecule has 5 nitrogen and oxygen atoms in total. The van der Waals surface area contributed by atoms with Crippen molar-refractivity contribution in [2.24, 2.45) is 0 Å². The van der Waals surface area contributed by atoms with Crippen LogP contribution in [-0.4, -0.2) is 27.5 Å². The monoisotopic (exact) mass is 259 g/mol. The fourth-order valence-corrected chi connectivity index (χ4v) is 2.17. The summed E-state index contributed by atoms with van der Waals surface area (Å²) in [5, 5.41) is 0.584. The molecule has 0 radical (unpaired) electrons. The Morgan fingerprint density at radius 2 is 2.22 bits per heavy atom. The third-order valence-corrected chi connectivity index (χ3v) is 3.16. The summed E-state index contributed by atoms with van der Waals surface area (Å²) in [6, 6.07) is 1.71. The Morgan fingerprint density at radius 1 is 1.50 bits per heavy atom. The maximum absolute atomic E-state index is 11.7. The van der Waals surface area contributed by atoms with Gasteiger partial charge in [-0.1, -0.05) is 5.92 Å². The van der Waals surface area contributed by atoms with E-state index in [1.54, 1.807) is 25.4 Å². The molecule has 2 rings (SSSR count). The van der Waals surface area contributed by atoms with Crippen LogP contribution >= 0.6 is 11.3 Å². The number of carbonyl (C=O) groups is 1. The second kappa shape index (κ2) is 5.38. The highest BCUT2D eigenvalue weighted by molar-refractivity contribution is 7.16. The number of rotatable bonds is 3. The number of hydrogen-bond donors (Lipinski definition) is 0. The highest BCUT2D eigenvalue weighted by Crippen LogP contribution is 2.25. The lowest BCUT2D eigenvalue weighted by molar-refractivity contribution is 0.0561. The summed E-state index contributed by atoms with van der Waals surface area (Å²) in [4.78, 5) is 24.5. The first kappa shape index (κ1) is 12.2. The fourth-order valence-electron chi connectivity index (χ4n) is 1.26. The number of esters is 1. The average Bonchev–Trinajstić information content (AvgIpc) is 2.79. The number of thiazole rings is 1. The molecule has 0 amide bonds. The summed E-state index contributed by atoms with van der Waals surface area (Å²) in [6.07, 6.45) is 8.27. The zero-order valence-electron chi connectivity index (χ0n) is 9.58. The molecule has 0 aliphatic heterocycles. The number of terminal acetylenes is 1. The molecule has 0 bridgehead atoms. The van der Waals surface area contributed by atoms with Gasteiger partial charge in [-0.3, -0.25) is 0 Å². The van der Waals surface area contributed by atoms with E-state index in [1.165, 1.54) is 11.3 Å². The predicted molar refractivity (Wildman–Crippen MR) is 67.0 cm³/mol. The molecule has 0 atom stereocenters. The summed E-state index contributed by atoms with van der Waals surface area (Å²) < 4.78 is 4.86. The minimum Gasteiger partial charge on any atom is -0.448 e. The van der Waals surface area contributed by atoms with Crippen LogP contribution in [0.25, 0.3) is 10.8 Å². The Kier molecular flexibility index (Phi) is 3.65. The van der Waals surface area contributed by atoms with Crippen molar-refractivity contribution in [3.05, 3.63) is 29.0 Å². The van der Waals surface area contributed by atoms with Crippen molar-refractivity contribution >= 4 is 17.3 Å². The Bertz CT molecular complexity index is 602. The van der Waals surface area contributed by atoms with Crippen molar-refractivity contribution in [3.8, 4) is 23.2 Å². The summed E-state index contributed by atoms with van der Waals surface area (Å²) >= 11 is 1.19. The van der Waals surface area contributed by atoms with E-state index in [0.717, 1.165) is 0 Å². The van der Waals surface area contributed by atoms with Gasteiger partial charge in [-0.2, -0.15) is 0 Å². The molecule has 0 saturated carbocycles. The SMILES string of the molecule is C#CCOC(=O)c1sc(-c2ncccn2)nc1C. The van der Waals surface area contributed by atoms with E-state index in [0.29, 0.717) is 21.4 Å². The molecular formula is C12H9N3O2S. The third kappa shape index (κ3) is 2.52. The number of ether oxygens (including phenoxy) is 1. The van der Waals surface area contributed by atoms with E-state index in [1.807, 2.05) is 0 Å². The van der Waals surface area contributed by atoms with Crippen LogP contribution in [0.2, 0.25) is 0 Å². The molecule has 0 saturated heterocycles. The molecule has 6 heteroatoms. The highest BCUT2D eigenvalue weighted by atomic mass is 32.1. The van der Waals surface area contributed by atoms with Gasteiger partial charge in [0.2, 0.25) is 0 Å². The second-order valence-electron chi connectivity index (χ2n) is 3.29. The summed E-state index contributed by atoms with van der Waals surface area (Å²) in [5.41, 5.74) is 0.587. The number of nitrogens with zero attached hydrogens (tertiary/aromatic N) is 3. The molecule has 0 N–H and O–H groups in total. The lowest BCUT2D eigenvalue weighted by Gasteiger charge is -1.97. The van der Waals surface area contributed by atoms with Crippen molar-refractivity contribution in [2.75, 3.05) is 6.61 Å². The quantitative estimate of drug-likeness (QED) is 0.620. The molecule has 0 aliphatic rings. The topological polar surface area (TPSA) is 65.0 Å². The number of carbonyl (C=O) groups excluding carboxylic acids is 1. The molecule has 0 fully saturated rings. The maximum Gasteiger partial charge on any atom is 0.351 e. The van der Waals surface area contributed by atoms with Gasteiger partial charge in [-0.25, -0.2) is 19.7 Å². The van der Waals surface area contributed by atoms with Gasteiger partial charge in [-0.15, -0.1) is 17.8 Å². The summed E-state index contributed by atoms with van der Waals surface area (Å²) in [5.74, 6) is 2.26. The molecule has 0 aromatic carbocycles. The van der Waals surface area contributed by atoms with Crippen molar-refractivity contribution in [3.63, 3.8) is 0 Å². The standard InChI is InChI=1S/C12H9N3O2S/c1-3-7-17-12(16)9-8(2)15-11(18-9)10-13-5-4-6-14-10/h1,4-6H,7H2,2H3. The molecular weight excluding hydrogens is 250 g/mol. The summed E-state index contributed by atoms with van der Waals surface area (Å²) in [6.45, 7) is 1.68. The number of aromatic nitrogens is 3. The smallest absolute Gasteiger partial charge is 0.351 e. The summed E-state index contributed by atoms with van der Waals surface area (Å²) in [7, 11) is 0. The minimum atomic E-state index is -0.467. The van der Waals surface area contributed by atoms with Crippen molar-refractivity contribution in [1.82, 2.24) is 15.0 Å². The molecule has 18 heavy (non-hydrogen) atoms. The van der Waals surface area contributed by atoms with Gasteiger partial charge in [0.1, 0.15) is 4.88 Å². The average molecular weight is 259 g/mol. The first-order valence-electron chi connectivity index (χ1n) is 5.07. The first-order chi connectivity index (χ1) is 8.72. The Morgan fingerprint density at radius 3 is 2.89 bits per heavy atom. The fraction of sp³-hybridized carbons (Fsp3) is 0.167. The van der Waals surface area contributed by atoms with Gasteiger partial charge in [0, 0.05) is 12.4 Å². The van der Waals surface area contributed by atoms with Crippen LogP contribution in [0.5, 0.6) is 0 Å².